The summed E-state index contributed by atoms with van der Waals surface area (Å²) in [6, 6.07) is 6.39. The van der Waals surface area contributed by atoms with Crippen molar-refractivity contribution >= 4 is 27.7 Å². The molecule has 1 fully saturated rings. The molecule has 0 radical (unpaired) electrons. The summed E-state index contributed by atoms with van der Waals surface area (Å²) in [6.45, 7) is 6.19. The second-order valence-corrected chi connectivity index (χ2v) is 9.11. The molecule has 1 heterocycles. The van der Waals surface area contributed by atoms with Crippen molar-refractivity contribution in [2.75, 3.05) is 13.1 Å². The summed E-state index contributed by atoms with van der Waals surface area (Å²) in [5, 5.41) is 0.563. The fourth-order valence-corrected chi connectivity index (χ4v) is 3.99. The Morgan fingerprint density at radius 3 is 2.54 bits per heavy atom. The standard InChI is InChI=1S/C16H23ClN2O4S/c1-16(2,3)23-15(20)19-9-8-14(10-19)18-24(21,22)11-12-4-6-13(17)7-5-12/h4-7,14,18H,8-11H2,1-3H3. The van der Waals surface area contributed by atoms with E-state index in [0.29, 0.717) is 30.1 Å². The molecule has 1 unspecified atom stereocenters. The fraction of sp³-hybridized carbons (Fsp3) is 0.562. The molecule has 1 amide bonds. The number of hydrogen-bond acceptors (Lipinski definition) is 4. The molecule has 0 spiro atoms. The summed E-state index contributed by atoms with van der Waals surface area (Å²) in [4.78, 5) is 13.5. The topological polar surface area (TPSA) is 75.7 Å². The van der Waals surface area contributed by atoms with Crippen molar-refractivity contribution < 1.29 is 17.9 Å². The van der Waals surface area contributed by atoms with Crippen LogP contribution in [0.15, 0.2) is 24.3 Å². The van der Waals surface area contributed by atoms with E-state index in [2.05, 4.69) is 4.72 Å². The van der Waals surface area contributed by atoms with Crippen LogP contribution in [0.1, 0.15) is 32.8 Å². The third kappa shape index (κ3) is 5.96. The van der Waals surface area contributed by atoms with Gasteiger partial charge in [0.15, 0.2) is 0 Å². The van der Waals surface area contributed by atoms with Crippen LogP contribution in [0.4, 0.5) is 4.79 Å². The van der Waals surface area contributed by atoms with Gasteiger partial charge in [0.05, 0.1) is 5.75 Å². The predicted molar refractivity (Wildman–Crippen MR) is 93.4 cm³/mol. The number of rotatable bonds is 4. The van der Waals surface area contributed by atoms with Gasteiger partial charge in [0.25, 0.3) is 0 Å². The molecule has 24 heavy (non-hydrogen) atoms. The molecule has 134 valence electrons. The molecule has 0 aromatic heterocycles. The van der Waals surface area contributed by atoms with Gasteiger partial charge < -0.3 is 9.64 Å². The number of likely N-dealkylation sites (tertiary alicyclic amines) is 1. The lowest BCUT2D eigenvalue weighted by Gasteiger charge is -2.24. The Hall–Kier alpha value is -1.31. The lowest BCUT2D eigenvalue weighted by molar-refractivity contribution is 0.0292. The molecule has 1 aromatic carbocycles. The Morgan fingerprint density at radius 2 is 1.96 bits per heavy atom. The molecular weight excluding hydrogens is 352 g/mol. The fourth-order valence-electron chi connectivity index (χ4n) is 2.44. The van der Waals surface area contributed by atoms with E-state index in [0.717, 1.165) is 0 Å². The van der Waals surface area contributed by atoms with Crippen molar-refractivity contribution in [1.82, 2.24) is 9.62 Å². The van der Waals surface area contributed by atoms with Gasteiger partial charge in [-0.25, -0.2) is 17.9 Å². The Kier molecular flexibility index (Phi) is 5.78. The zero-order chi connectivity index (χ0) is 18.0. The van der Waals surface area contributed by atoms with Gasteiger partial charge in [-0.15, -0.1) is 0 Å². The molecule has 8 heteroatoms. The molecule has 1 saturated heterocycles. The van der Waals surface area contributed by atoms with Gasteiger partial charge in [0.2, 0.25) is 10.0 Å². The number of halogens is 1. The number of benzene rings is 1. The van der Waals surface area contributed by atoms with E-state index >= 15 is 0 Å². The molecule has 1 aliphatic heterocycles. The van der Waals surface area contributed by atoms with E-state index < -0.39 is 21.7 Å². The number of sulfonamides is 1. The van der Waals surface area contributed by atoms with Crippen molar-refractivity contribution in [3.63, 3.8) is 0 Å². The number of carbonyl (C=O) groups is 1. The molecule has 1 N–H and O–H groups in total. The van der Waals surface area contributed by atoms with Crippen molar-refractivity contribution in [2.45, 2.75) is 44.6 Å². The summed E-state index contributed by atoms with van der Waals surface area (Å²) in [5.74, 6) is -0.118. The molecule has 0 saturated carbocycles. The van der Waals surface area contributed by atoms with Gasteiger partial charge in [0.1, 0.15) is 5.60 Å². The first kappa shape index (κ1) is 19.0. The first-order valence-corrected chi connectivity index (χ1v) is 9.79. The first-order chi connectivity index (χ1) is 11.0. The lowest BCUT2D eigenvalue weighted by atomic mass is 10.2. The Bertz CT molecular complexity index is 683. The highest BCUT2D eigenvalue weighted by Crippen LogP contribution is 2.17. The Balaban J connectivity index is 1.89. The van der Waals surface area contributed by atoms with E-state index in [1.807, 2.05) is 0 Å². The average Bonchev–Trinajstić information content (AvgIpc) is 2.87. The van der Waals surface area contributed by atoms with Crippen LogP contribution in [-0.2, 0) is 20.5 Å². The van der Waals surface area contributed by atoms with Gasteiger partial charge in [-0.1, -0.05) is 23.7 Å². The smallest absolute Gasteiger partial charge is 0.410 e. The minimum Gasteiger partial charge on any atom is -0.444 e. The van der Waals surface area contributed by atoms with E-state index in [1.54, 1.807) is 45.0 Å². The largest absolute Gasteiger partial charge is 0.444 e. The number of hydrogen-bond donors (Lipinski definition) is 1. The van der Waals surface area contributed by atoms with E-state index in [1.165, 1.54) is 4.90 Å². The van der Waals surface area contributed by atoms with Crippen LogP contribution in [0, 0.1) is 0 Å². The van der Waals surface area contributed by atoms with Crippen LogP contribution in [0.3, 0.4) is 0 Å². The van der Waals surface area contributed by atoms with Crippen LogP contribution in [-0.4, -0.2) is 44.1 Å². The Labute approximate surface area is 148 Å². The summed E-state index contributed by atoms with van der Waals surface area (Å²) in [5.41, 5.74) is 0.0948. The summed E-state index contributed by atoms with van der Waals surface area (Å²) in [6.07, 6.45) is 0.154. The second-order valence-electron chi connectivity index (χ2n) is 6.92. The van der Waals surface area contributed by atoms with Crippen LogP contribution in [0.5, 0.6) is 0 Å². The number of nitrogens with one attached hydrogen (secondary N) is 1. The second kappa shape index (κ2) is 7.29. The maximum Gasteiger partial charge on any atom is 0.410 e. The van der Waals surface area contributed by atoms with E-state index in [4.69, 9.17) is 16.3 Å². The summed E-state index contributed by atoms with van der Waals surface area (Å²) >= 11 is 5.80. The quantitative estimate of drug-likeness (QED) is 0.879. The normalized spacial score (nSPS) is 18.7. The number of ether oxygens (including phenoxy) is 1. The number of nitrogens with zero attached hydrogens (tertiary/aromatic N) is 1. The molecule has 2 rings (SSSR count). The summed E-state index contributed by atoms with van der Waals surface area (Å²) < 4.78 is 32.5. The van der Waals surface area contributed by atoms with Crippen LogP contribution >= 0.6 is 11.6 Å². The zero-order valence-corrected chi connectivity index (χ0v) is 15.7. The van der Waals surface area contributed by atoms with E-state index in [9.17, 15) is 13.2 Å². The van der Waals surface area contributed by atoms with Crippen LogP contribution in [0.25, 0.3) is 0 Å². The minimum atomic E-state index is -3.49. The molecular formula is C16H23ClN2O4S. The van der Waals surface area contributed by atoms with Crippen molar-refractivity contribution in [2.24, 2.45) is 0 Å². The lowest BCUT2D eigenvalue weighted by Crippen LogP contribution is -2.40. The minimum absolute atomic E-state index is 0.118. The van der Waals surface area contributed by atoms with Gasteiger partial charge in [-0.05, 0) is 44.9 Å². The van der Waals surface area contributed by atoms with Crippen LogP contribution < -0.4 is 4.72 Å². The highest BCUT2D eigenvalue weighted by molar-refractivity contribution is 7.88. The zero-order valence-electron chi connectivity index (χ0n) is 14.1. The van der Waals surface area contributed by atoms with Gasteiger partial charge in [-0.3, -0.25) is 0 Å². The van der Waals surface area contributed by atoms with Crippen LogP contribution in [0.2, 0.25) is 5.02 Å². The van der Waals surface area contributed by atoms with Crippen molar-refractivity contribution in [3.8, 4) is 0 Å². The highest BCUT2D eigenvalue weighted by atomic mass is 35.5. The number of carbonyl (C=O) groups excluding carboxylic acids is 1. The van der Waals surface area contributed by atoms with Gasteiger partial charge in [-0.2, -0.15) is 0 Å². The Morgan fingerprint density at radius 1 is 1.33 bits per heavy atom. The summed E-state index contributed by atoms with van der Waals surface area (Å²) in [7, 11) is -3.49. The predicted octanol–water partition coefficient (Wildman–Crippen LogP) is 2.77. The molecule has 6 nitrogen and oxygen atoms in total. The maximum atomic E-state index is 12.3. The molecule has 0 aliphatic carbocycles. The third-order valence-electron chi connectivity index (χ3n) is 3.46. The van der Waals surface area contributed by atoms with Gasteiger partial charge >= 0.3 is 6.09 Å². The average molecular weight is 375 g/mol. The highest BCUT2D eigenvalue weighted by Gasteiger charge is 2.31. The molecule has 0 bridgehead atoms. The van der Waals surface area contributed by atoms with Crippen molar-refractivity contribution in [1.29, 1.82) is 0 Å². The number of amides is 1. The van der Waals surface area contributed by atoms with Gasteiger partial charge in [0, 0.05) is 24.2 Å². The van der Waals surface area contributed by atoms with Crippen molar-refractivity contribution in [3.05, 3.63) is 34.9 Å². The SMILES string of the molecule is CC(C)(C)OC(=O)N1CCC(NS(=O)(=O)Cc2ccc(Cl)cc2)C1. The molecule has 1 atom stereocenters. The monoisotopic (exact) mass is 374 g/mol. The van der Waals surface area contributed by atoms with E-state index in [-0.39, 0.29) is 11.8 Å². The molecule has 1 aromatic rings. The molecule has 1 aliphatic rings. The maximum absolute atomic E-state index is 12.3. The third-order valence-corrected chi connectivity index (χ3v) is 5.11. The first-order valence-electron chi connectivity index (χ1n) is 7.76.